The van der Waals surface area contributed by atoms with Gasteiger partial charge in [0, 0.05) is 12.5 Å². The minimum absolute atomic E-state index is 0.235. The molecule has 0 aliphatic heterocycles. The molecule has 0 saturated carbocycles. The largest absolute Gasteiger partial charge is 0.485 e. The number of nitrogens with one attached hydrogen (secondary N) is 1. The summed E-state index contributed by atoms with van der Waals surface area (Å²) in [5, 5.41) is 7.29. The third-order valence-corrected chi connectivity index (χ3v) is 3.00. The average Bonchev–Trinajstić information content (AvgIpc) is 2.95. The molecule has 1 aromatic heterocycles. The van der Waals surface area contributed by atoms with E-state index in [0.717, 1.165) is 25.3 Å². The first-order valence-electron chi connectivity index (χ1n) is 7.44. The maximum atomic E-state index is 5.72. The van der Waals surface area contributed by atoms with Crippen molar-refractivity contribution >= 4 is 0 Å². The van der Waals surface area contributed by atoms with E-state index in [9.17, 15) is 0 Å². The number of ether oxygens (including phenoxy) is 1. The van der Waals surface area contributed by atoms with Crippen molar-refractivity contribution in [2.45, 2.75) is 46.3 Å². The summed E-state index contributed by atoms with van der Waals surface area (Å²) < 4.78 is 10.9. The van der Waals surface area contributed by atoms with E-state index in [1.165, 1.54) is 5.56 Å². The zero-order valence-electron chi connectivity index (χ0n) is 12.9. The lowest BCUT2D eigenvalue weighted by Gasteiger charge is -2.07. The Morgan fingerprint density at radius 1 is 1.33 bits per heavy atom. The van der Waals surface area contributed by atoms with E-state index in [4.69, 9.17) is 9.26 Å². The van der Waals surface area contributed by atoms with E-state index in [-0.39, 0.29) is 5.92 Å². The molecule has 0 atom stereocenters. The summed E-state index contributed by atoms with van der Waals surface area (Å²) in [7, 11) is 0. The molecule has 5 heteroatoms. The second kappa shape index (κ2) is 7.78. The van der Waals surface area contributed by atoms with Crippen molar-refractivity contribution < 1.29 is 9.26 Å². The molecule has 0 saturated heterocycles. The third kappa shape index (κ3) is 4.86. The zero-order chi connectivity index (χ0) is 15.1. The van der Waals surface area contributed by atoms with Crippen LogP contribution in [0.25, 0.3) is 0 Å². The first-order chi connectivity index (χ1) is 10.2. The minimum atomic E-state index is 0.235. The summed E-state index contributed by atoms with van der Waals surface area (Å²) in [6.07, 6.45) is 1.13. The fraction of sp³-hybridized carbons (Fsp3) is 0.500. The number of hydrogen-bond acceptors (Lipinski definition) is 5. The van der Waals surface area contributed by atoms with Gasteiger partial charge < -0.3 is 14.6 Å². The van der Waals surface area contributed by atoms with E-state index in [1.807, 2.05) is 32.0 Å². The normalized spacial score (nSPS) is 11.0. The molecule has 0 amide bonds. The molecule has 0 aliphatic rings. The van der Waals surface area contributed by atoms with Gasteiger partial charge in [-0.1, -0.05) is 38.1 Å². The molecule has 0 fully saturated rings. The summed E-state index contributed by atoms with van der Waals surface area (Å²) >= 11 is 0. The molecule has 1 aromatic carbocycles. The van der Waals surface area contributed by atoms with Crippen LogP contribution in [0, 0.1) is 0 Å². The summed E-state index contributed by atoms with van der Waals surface area (Å²) in [6, 6.07) is 8.05. The van der Waals surface area contributed by atoms with E-state index < -0.39 is 0 Å². The van der Waals surface area contributed by atoms with Gasteiger partial charge in [-0.25, -0.2) is 0 Å². The van der Waals surface area contributed by atoms with Crippen LogP contribution in [0.3, 0.4) is 0 Å². The highest BCUT2D eigenvalue weighted by atomic mass is 16.5. The number of rotatable bonds is 8. The van der Waals surface area contributed by atoms with Gasteiger partial charge in [0.1, 0.15) is 5.75 Å². The Balaban J connectivity index is 1.88. The van der Waals surface area contributed by atoms with Crippen LogP contribution in [-0.4, -0.2) is 16.7 Å². The van der Waals surface area contributed by atoms with Gasteiger partial charge in [-0.2, -0.15) is 4.98 Å². The van der Waals surface area contributed by atoms with E-state index in [1.54, 1.807) is 0 Å². The van der Waals surface area contributed by atoms with Gasteiger partial charge >= 0.3 is 0 Å². The van der Waals surface area contributed by atoms with E-state index in [0.29, 0.717) is 18.3 Å². The van der Waals surface area contributed by atoms with Crippen molar-refractivity contribution in [3.8, 4) is 5.75 Å². The lowest BCUT2D eigenvalue weighted by atomic mass is 10.2. The van der Waals surface area contributed by atoms with Crippen LogP contribution < -0.4 is 10.1 Å². The molecular weight excluding hydrogens is 266 g/mol. The number of aromatic nitrogens is 2. The second-order valence-corrected chi connectivity index (χ2v) is 5.32. The Labute approximate surface area is 125 Å². The summed E-state index contributed by atoms with van der Waals surface area (Å²) in [4.78, 5) is 4.29. The van der Waals surface area contributed by atoms with Crippen LogP contribution in [0.1, 0.15) is 50.4 Å². The third-order valence-electron chi connectivity index (χ3n) is 3.00. The lowest BCUT2D eigenvalue weighted by molar-refractivity contribution is 0.284. The Hall–Kier alpha value is -1.88. The molecule has 0 aliphatic carbocycles. The van der Waals surface area contributed by atoms with Gasteiger partial charge in [-0.3, -0.25) is 0 Å². The van der Waals surface area contributed by atoms with Gasteiger partial charge in [0.25, 0.3) is 0 Å². The SMILES string of the molecule is CCCNCc1cccc(OCc2noc(C(C)C)n2)c1. The summed E-state index contributed by atoms with van der Waals surface area (Å²) in [5.74, 6) is 2.28. The van der Waals surface area contributed by atoms with Gasteiger partial charge in [-0.15, -0.1) is 0 Å². The molecule has 5 nitrogen and oxygen atoms in total. The van der Waals surface area contributed by atoms with E-state index in [2.05, 4.69) is 28.4 Å². The molecule has 1 N–H and O–H groups in total. The highest BCUT2D eigenvalue weighted by Gasteiger charge is 2.10. The van der Waals surface area contributed by atoms with Crippen molar-refractivity contribution in [3.63, 3.8) is 0 Å². The Morgan fingerprint density at radius 3 is 2.90 bits per heavy atom. The standard InChI is InChI=1S/C16H23N3O2/c1-4-8-17-10-13-6-5-7-14(9-13)20-11-15-18-16(12(2)3)21-19-15/h5-7,9,12,17H,4,8,10-11H2,1-3H3. The molecule has 0 bridgehead atoms. The zero-order valence-corrected chi connectivity index (χ0v) is 12.9. The first-order valence-corrected chi connectivity index (χ1v) is 7.44. The fourth-order valence-corrected chi connectivity index (χ4v) is 1.86. The maximum absolute atomic E-state index is 5.72. The summed E-state index contributed by atoms with van der Waals surface area (Å²) in [6.45, 7) is 8.39. The highest BCUT2D eigenvalue weighted by Crippen LogP contribution is 2.16. The smallest absolute Gasteiger partial charge is 0.229 e. The molecule has 114 valence electrons. The minimum Gasteiger partial charge on any atom is -0.485 e. The molecular formula is C16H23N3O2. The fourth-order valence-electron chi connectivity index (χ4n) is 1.86. The van der Waals surface area contributed by atoms with Crippen molar-refractivity contribution in [2.75, 3.05) is 6.54 Å². The molecule has 2 aromatic rings. The molecule has 21 heavy (non-hydrogen) atoms. The maximum Gasteiger partial charge on any atom is 0.229 e. The number of benzene rings is 1. The predicted octanol–water partition coefficient (Wildman–Crippen LogP) is 3.27. The van der Waals surface area contributed by atoms with Crippen LogP contribution in [0.4, 0.5) is 0 Å². The van der Waals surface area contributed by atoms with Crippen LogP contribution in [0.15, 0.2) is 28.8 Å². The van der Waals surface area contributed by atoms with Crippen molar-refractivity contribution in [1.29, 1.82) is 0 Å². The highest BCUT2D eigenvalue weighted by molar-refractivity contribution is 5.28. The molecule has 0 radical (unpaired) electrons. The van der Waals surface area contributed by atoms with Gasteiger partial charge in [0.2, 0.25) is 11.7 Å². The van der Waals surface area contributed by atoms with E-state index >= 15 is 0 Å². The monoisotopic (exact) mass is 289 g/mol. The number of hydrogen-bond donors (Lipinski definition) is 1. The Morgan fingerprint density at radius 2 is 2.19 bits per heavy atom. The summed E-state index contributed by atoms with van der Waals surface area (Å²) in [5.41, 5.74) is 1.21. The molecule has 0 unspecified atom stereocenters. The number of nitrogens with zero attached hydrogens (tertiary/aromatic N) is 2. The molecule has 2 rings (SSSR count). The van der Waals surface area contributed by atoms with Crippen molar-refractivity contribution in [1.82, 2.24) is 15.5 Å². The van der Waals surface area contributed by atoms with Crippen LogP contribution in [0.5, 0.6) is 5.75 Å². The van der Waals surface area contributed by atoms with Crippen molar-refractivity contribution in [2.24, 2.45) is 0 Å². The Kier molecular flexibility index (Phi) is 5.75. The topological polar surface area (TPSA) is 60.2 Å². The molecule has 1 heterocycles. The van der Waals surface area contributed by atoms with Crippen LogP contribution in [0.2, 0.25) is 0 Å². The van der Waals surface area contributed by atoms with Gasteiger partial charge in [0.15, 0.2) is 6.61 Å². The van der Waals surface area contributed by atoms with Crippen LogP contribution >= 0.6 is 0 Å². The van der Waals surface area contributed by atoms with Crippen molar-refractivity contribution in [3.05, 3.63) is 41.5 Å². The first kappa shape index (κ1) is 15.5. The predicted molar refractivity (Wildman–Crippen MR) is 81.2 cm³/mol. The average molecular weight is 289 g/mol. The van der Waals surface area contributed by atoms with Crippen LogP contribution in [-0.2, 0) is 13.2 Å². The molecule has 0 spiro atoms. The Bertz CT molecular complexity index is 552. The van der Waals surface area contributed by atoms with Gasteiger partial charge in [-0.05, 0) is 30.7 Å². The second-order valence-electron chi connectivity index (χ2n) is 5.32. The quantitative estimate of drug-likeness (QED) is 0.756. The lowest BCUT2D eigenvalue weighted by Crippen LogP contribution is -2.13. The van der Waals surface area contributed by atoms with Gasteiger partial charge in [0.05, 0.1) is 0 Å².